The van der Waals surface area contributed by atoms with Crippen molar-refractivity contribution < 1.29 is 0 Å². The van der Waals surface area contributed by atoms with E-state index in [-0.39, 0.29) is 0 Å². The molecule has 2 fully saturated rings. The van der Waals surface area contributed by atoms with Crippen molar-refractivity contribution in [1.82, 2.24) is 5.32 Å². The summed E-state index contributed by atoms with van der Waals surface area (Å²) in [7, 11) is 0. The van der Waals surface area contributed by atoms with Crippen molar-refractivity contribution in [1.29, 1.82) is 0 Å². The first kappa shape index (κ1) is 11.5. The van der Waals surface area contributed by atoms with Crippen LogP contribution in [0.4, 0.5) is 5.69 Å². The Hall–Kier alpha value is -0.540. The second kappa shape index (κ2) is 4.29. The molecule has 1 spiro atoms. The van der Waals surface area contributed by atoms with Gasteiger partial charge < -0.3 is 10.2 Å². The SMILES string of the molecule is Cc1cc(N2CCCC3(CNC3)C2)ccc1Br. The summed E-state index contributed by atoms with van der Waals surface area (Å²) in [6.45, 7) is 7.01. The lowest BCUT2D eigenvalue weighted by Crippen LogP contribution is -2.61. The van der Waals surface area contributed by atoms with E-state index in [1.165, 1.54) is 54.7 Å². The van der Waals surface area contributed by atoms with Crippen LogP contribution in [0.3, 0.4) is 0 Å². The van der Waals surface area contributed by atoms with Gasteiger partial charge in [0.05, 0.1) is 0 Å². The molecule has 1 aromatic carbocycles. The largest absolute Gasteiger partial charge is 0.371 e. The molecule has 0 bridgehead atoms. The fourth-order valence-electron chi connectivity index (χ4n) is 3.02. The third-order valence-corrected chi connectivity index (χ3v) is 5.06. The van der Waals surface area contributed by atoms with E-state index in [2.05, 4.69) is 51.3 Å². The van der Waals surface area contributed by atoms with Gasteiger partial charge in [-0.15, -0.1) is 0 Å². The van der Waals surface area contributed by atoms with Gasteiger partial charge in [0, 0.05) is 41.8 Å². The fourth-order valence-corrected chi connectivity index (χ4v) is 3.27. The van der Waals surface area contributed by atoms with E-state index in [0.29, 0.717) is 5.41 Å². The lowest BCUT2D eigenvalue weighted by Gasteiger charge is -2.50. The number of anilines is 1. The molecule has 17 heavy (non-hydrogen) atoms. The summed E-state index contributed by atoms with van der Waals surface area (Å²) in [6, 6.07) is 6.71. The van der Waals surface area contributed by atoms with Crippen molar-refractivity contribution in [3.8, 4) is 0 Å². The van der Waals surface area contributed by atoms with Crippen LogP contribution in [-0.4, -0.2) is 26.2 Å². The van der Waals surface area contributed by atoms with E-state index < -0.39 is 0 Å². The molecule has 0 aliphatic carbocycles. The van der Waals surface area contributed by atoms with E-state index in [4.69, 9.17) is 0 Å². The number of nitrogens with one attached hydrogen (secondary N) is 1. The van der Waals surface area contributed by atoms with Gasteiger partial charge in [0.25, 0.3) is 0 Å². The number of piperidine rings is 1. The molecular formula is C14H19BrN2. The highest BCUT2D eigenvalue weighted by Crippen LogP contribution is 2.36. The van der Waals surface area contributed by atoms with Crippen molar-refractivity contribution >= 4 is 21.6 Å². The first-order valence-corrected chi connectivity index (χ1v) is 7.20. The van der Waals surface area contributed by atoms with Crippen molar-refractivity contribution in [2.24, 2.45) is 5.41 Å². The molecule has 3 rings (SSSR count). The topological polar surface area (TPSA) is 15.3 Å². The Labute approximate surface area is 112 Å². The molecule has 0 aromatic heterocycles. The molecule has 2 aliphatic rings. The van der Waals surface area contributed by atoms with Crippen LogP contribution < -0.4 is 10.2 Å². The van der Waals surface area contributed by atoms with Gasteiger partial charge in [-0.2, -0.15) is 0 Å². The summed E-state index contributed by atoms with van der Waals surface area (Å²) in [5.41, 5.74) is 3.28. The molecule has 3 heteroatoms. The zero-order valence-corrected chi connectivity index (χ0v) is 11.9. The van der Waals surface area contributed by atoms with Crippen LogP contribution >= 0.6 is 15.9 Å². The Balaban J connectivity index is 1.81. The van der Waals surface area contributed by atoms with E-state index in [9.17, 15) is 0 Å². The third-order valence-electron chi connectivity index (χ3n) is 4.17. The van der Waals surface area contributed by atoms with Gasteiger partial charge in [0.15, 0.2) is 0 Å². The molecule has 2 aliphatic heterocycles. The molecule has 2 heterocycles. The van der Waals surface area contributed by atoms with E-state index in [1.807, 2.05) is 0 Å². The van der Waals surface area contributed by atoms with Crippen molar-refractivity contribution in [3.63, 3.8) is 0 Å². The summed E-state index contributed by atoms with van der Waals surface area (Å²) >= 11 is 3.57. The molecule has 0 atom stereocenters. The summed E-state index contributed by atoms with van der Waals surface area (Å²) in [5.74, 6) is 0. The van der Waals surface area contributed by atoms with Gasteiger partial charge in [-0.1, -0.05) is 15.9 Å². The van der Waals surface area contributed by atoms with Crippen LogP contribution in [0.5, 0.6) is 0 Å². The molecule has 2 saturated heterocycles. The lowest BCUT2D eigenvalue weighted by molar-refractivity contribution is 0.138. The molecular weight excluding hydrogens is 276 g/mol. The first-order chi connectivity index (χ1) is 8.19. The van der Waals surface area contributed by atoms with E-state index >= 15 is 0 Å². The van der Waals surface area contributed by atoms with Crippen molar-refractivity contribution in [2.45, 2.75) is 19.8 Å². The van der Waals surface area contributed by atoms with E-state index in [1.54, 1.807) is 0 Å². The predicted octanol–water partition coefficient (Wildman–Crippen LogP) is 2.95. The summed E-state index contributed by atoms with van der Waals surface area (Å²) < 4.78 is 1.21. The van der Waals surface area contributed by atoms with Crippen molar-refractivity contribution in [3.05, 3.63) is 28.2 Å². The average Bonchev–Trinajstić information content (AvgIpc) is 2.31. The molecule has 0 amide bonds. The monoisotopic (exact) mass is 294 g/mol. The van der Waals surface area contributed by atoms with Crippen LogP contribution in [0.1, 0.15) is 18.4 Å². The Kier molecular flexibility index (Phi) is 2.91. The zero-order chi connectivity index (χ0) is 11.9. The van der Waals surface area contributed by atoms with Gasteiger partial charge in [-0.25, -0.2) is 0 Å². The Morgan fingerprint density at radius 3 is 2.82 bits per heavy atom. The number of benzene rings is 1. The quantitative estimate of drug-likeness (QED) is 0.857. The van der Waals surface area contributed by atoms with Crippen LogP contribution in [-0.2, 0) is 0 Å². The summed E-state index contributed by atoms with van der Waals surface area (Å²) in [5, 5.41) is 3.43. The predicted molar refractivity (Wildman–Crippen MR) is 75.6 cm³/mol. The van der Waals surface area contributed by atoms with Crippen molar-refractivity contribution in [2.75, 3.05) is 31.1 Å². The van der Waals surface area contributed by atoms with Gasteiger partial charge in [-0.05, 0) is 43.5 Å². The summed E-state index contributed by atoms with van der Waals surface area (Å²) in [6.07, 6.45) is 2.73. The number of rotatable bonds is 1. The molecule has 92 valence electrons. The van der Waals surface area contributed by atoms with Gasteiger partial charge in [-0.3, -0.25) is 0 Å². The van der Waals surface area contributed by atoms with Crippen LogP contribution in [0.15, 0.2) is 22.7 Å². The highest BCUT2D eigenvalue weighted by atomic mass is 79.9. The zero-order valence-electron chi connectivity index (χ0n) is 10.3. The highest BCUT2D eigenvalue weighted by molar-refractivity contribution is 9.10. The minimum Gasteiger partial charge on any atom is -0.371 e. The number of halogens is 1. The first-order valence-electron chi connectivity index (χ1n) is 6.40. The molecule has 2 nitrogen and oxygen atoms in total. The van der Waals surface area contributed by atoms with Crippen LogP contribution in [0.25, 0.3) is 0 Å². The minimum absolute atomic E-state index is 0.569. The maximum atomic E-state index is 3.57. The van der Waals surface area contributed by atoms with Gasteiger partial charge in [0.1, 0.15) is 0 Å². The molecule has 0 saturated carbocycles. The maximum absolute atomic E-state index is 3.57. The average molecular weight is 295 g/mol. The molecule has 1 N–H and O–H groups in total. The van der Waals surface area contributed by atoms with Gasteiger partial charge >= 0.3 is 0 Å². The number of hydrogen-bond donors (Lipinski definition) is 1. The highest BCUT2D eigenvalue weighted by Gasteiger charge is 2.40. The standard InChI is InChI=1S/C14H19BrN2/c1-11-7-12(3-4-13(11)15)17-6-2-5-14(10-17)8-16-9-14/h3-4,7,16H,2,5-6,8-10H2,1H3. The number of hydrogen-bond acceptors (Lipinski definition) is 2. The number of aryl methyl sites for hydroxylation is 1. The maximum Gasteiger partial charge on any atom is 0.0369 e. The second-order valence-electron chi connectivity index (χ2n) is 5.56. The molecule has 1 aromatic rings. The minimum atomic E-state index is 0.569. The van der Waals surface area contributed by atoms with Crippen LogP contribution in [0, 0.1) is 12.3 Å². The third kappa shape index (κ3) is 2.11. The lowest BCUT2D eigenvalue weighted by atomic mass is 9.75. The summed E-state index contributed by atoms with van der Waals surface area (Å²) in [4.78, 5) is 2.56. The van der Waals surface area contributed by atoms with Crippen LogP contribution in [0.2, 0.25) is 0 Å². The van der Waals surface area contributed by atoms with E-state index in [0.717, 1.165) is 0 Å². The Morgan fingerprint density at radius 1 is 1.35 bits per heavy atom. The smallest absolute Gasteiger partial charge is 0.0369 e. The molecule has 0 unspecified atom stereocenters. The second-order valence-corrected chi connectivity index (χ2v) is 6.42. The Bertz CT molecular complexity index is 426. The normalized spacial score (nSPS) is 22.6. The Morgan fingerprint density at radius 2 is 2.18 bits per heavy atom. The fraction of sp³-hybridized carbons (Fsp3) is 0.571. The molecule has 0 radical (unpaired) electrons. The van der Waals surface area contributed by atoms with Gasteiger partial charge in [0.2, 0.25) is 0 Å². The number of nitrogens with zero attached hydrogens (tertiary/aromatic N) is 1.